The maximum atomic E-state index is 7.17. The fourth-order valence-electron chi connectivity index (χ4n) is 0.306. The van der Waals surface area contributed by atoms with Crippen LogP contribution in [0.3, 0.4) is 0 Å². The Bertz CT molecular complexity index is 91.2. The molecule has 0 aromatic rings. The van der Waals surface area contributed by atoms with Crippen molar-refractivity contribution in [3.8, 4) is 0 Å². The van der Waals surface area contributed by atoms with Gasteiger partial charge in [-0.3, -0.25) is 5.41 Å². The highest BCUT2D eigenvalue weighted by Gasteiger charge is 2.16. The van der Waals surface area contributed by atoms with Crippen molar-refractivity contribution in [2.24, 2.45) is 5.41 Å². The van der Waals surface area contributed by atoms with Crippen LogP contribution in [0.25, 0.3) is 0 Å². The molecular formula is C6H13NO. The predicted octanol–water partition coefficient (Wildman–Crippen LogP) is 1.66. The van der Waals surface area contributed by atoms with Gasteiger partial charge in [-0.05, 0) is 0 Å². The van der Waals surface area contributed by atoms with Crippen molar-refractivity contribution in [2.75, 3.05) is 7.11 Å². The lowest BCUT2D eigenvalue weighted by Gasteiger charge is -2.16. The molecule has 0 aliphatic heterocycles. The lowest BCUT2D eigenvalue weighted by molar-refractivity contribution is 0.332. The van der Waals surface area contributed by atoms with Gasteiger partial charge in [-0.15, -0.1) is 0 Å². The molecule has 0 aromatic carbocycles. The van der Waals surface area contributed by atoms with E-state index in [9.17, 15) is 0 Å². The van der Waals surface area contributed by atoms with Gasteiger partial charge in [0, 0.05) is 5.41 Å². The SMILES string of the molecule is COC(=N)C(C)(C)C. The minimum absolute atomic E-state index is 0.130. The maximum absolute atomic E-state index is 7.17. The quantitative estimate of drug-likeness (QED) is 0.378. The van der Waals surface area contributed by atoms with Crippen molar-refractivity contribution < 1.29 is 4.74 Å². The van der Waals surface area contributed by atoms with Crippen molar-refractivity contribution >= 4 is 5.90 Å². The molecule has 2 nitrogen and oxygen atoms in total. The Morgan fingerprint density at radius 2 is 1.75 bits per heavy atom. The molecule has 48 valence electrons. The average Bonchev–Trinajstić information content (AvgIpc) is 1.62. The number of nitrogens with one attached hydrogen (secondary N) is 1. The van der Waals surface area contributed by atoms with Crippen LogP contribution in [0.1, 0.15) is 20.8 Å². The Hall–Kier alpha value is -0.530. The fourth-order valence-corrected chi connectivity index (χ4v) is 0.306. The summed E-state index contributed by atoms with van der Waals surface area (Å²) in [5.74, 6) is 0.331. The fraction of sp³-hybridized carbons (Fsp3) is 0.833. The molecule has 0 aliphatic carbocycles. The van der Waals surface area contributed by atoms with Crippen molar-refractivity contribution in [3.05, 3.63) is 0 Å². The summed E-state index contributed by atoms with van der Waals surface area (Å²) < 4.78 is 4.70. The number of ether oxygens (including phenoxy) is 1. The van der Waals surface area contributed by atoms with Crippen molar-refractivity contribution in [1.29, 1.82) is 5.41 Å². The highest BCUT2D eigenvalue weighted by Crippen LogP contribution is 2.14. The van der Waals surface area contributed by atoms with E-state index in [1.54, 1.807) is 0 Å². The summed E-state index contributed by atoms with van der Waals surface area (Å²) in [5, 5.41) is 7.17. The van der Waals surface area contributed by atoms with Gasteiger partial charge in [-0.2, -0.15) is 0 Å². The van der Waals surface area contributed by atoms with E-state index >= 15 is 0 Å². The summed E-state index contributed by atoms with van der Waals surface area (Å²) in [7, 11) is 1.52. The van der Waals surface area contributed by atoms with Gasteiger partial charge in [0.25, 0.3) is 0 Å². The largest absolute Gasteiger partial charge is 0.484 e. The molecule has 0 aromatic heterocycles. The Labute approximate surface area is 50.4 Å². The van der Waals surface area contributed by atoms with Gasteiger partial charge in [0.15, 0.2) is 5.90 Å². The van der Waals surface area contributed by atoms with Gasteiger partial charge in [0.05, 0.1) is 7.11 Å². The first-order valence-corrected chi connectivity index (χ1v) is 2.61. The van der Waals surface area contributed by atoms with E-state index in [2.05, 4.69) is 0 Å². The predicted molar refractivity (Wildman–Crippen MR) is 34.2 cm³/mol. The molecule has 1 N–H and O–H groups in total. The first kappa shape index (κ1) is 7.47. The molecule has 0 spiro atoms. The zero-order valence-electron chi connectivity index (χ0n) is 5.91. The molecule has 0 heterocycles. The Balaban J connectivity index is 3.82. The summed E-state index contributed by atoms with van der Waals surface area (Å²) >= 11 is 0. The summed E-state index contributed by atoms with van der Waals surface area (Å²) in [6.45, 7) is 5.83. The van der Waals surface area contributed by atoms with Gasteiger partial charge in [-0.25, -0.2) is 0 Å². The molecular weight excluding hydrogens is 102 g/mol. The van der Waals surface area contributed by atoms with Crippen molar-refractivity contribution in [3.63, 3.8) is 0 Å². The Kier molecular flexibility index (Phi) is 2.02. The van der Waals surface area contributed by atoms with Gasteiger partial charge in [0.2, 0.25) is 0 Å². The molecule has 0 rings (SSSR count). The molecule has 0 atom stereocenters. The van der Waals surface area contributed by atoms with Gasteiger partial charge >= 0.3 is 0 Å². The zero-order chi connectivity index (χ0) is 6.78. The van der Waals surface area contributed by atoms with Gasteiger partial charge in [-0.1, -0.05) is 20.8 Å². The average molecular weight is 115 g/mol. The Morgan fingerprint density at radius 3 is 1.75 bits per heavy atom. The second kappa shape index (κ2) is 2.16. The van der Waals surface area contributed by atoms with Crippen molar-refractivity contribution in [1.82, 2.24) is 0 Å². The smallest absolute Gasteiger partial charge is 0.185 e. The highest BCUT2D eigenvalue weighted by molar-refractivity contribution is 5.78. The molecule has 0 aliphatic rings. The third-order valence-corrected chi connectivity index (χ3v) is 0.885. The number of rotatable bonds is 0. The maximum Gasteiger partial charge on any atom is 0.185 e. The number of hydrogen-bond acceptors (Lipinski definition) is 2. The molecule has 0 unspecified atom stereocenters. The first-order chi connectivity index (χ1) is 3.48. The summed E-state index contributed by atoms with van der Waals surface area (Å²) in [6, 6.07) is 0. The van der Waals surface area contributed by atoms with Crippen LogP contribution in [0.4, 0.5) is 0 Å². The molecule has 0 saturated carbocycles. The van der Waals surface area contributed by atoms with Gasteiger partial charge < -0.3 is 4.74 Å². The molecule has 0 fully saturated rings. The second-order valence-corrected chi connectivity index (χ2v) is 2.78. The minimum atomic E-state index is -0.130. The summed E-state index contributed by atoms with van der Waals surface area (Å²) in [6.07, 6.45) is 0. The van der Waals surface area contributed by atoms with E-state index < -0.39 is 0 Å². The van der Waals surface area contributed by atoms with Crippen molar-refractivity contribution in [2.45, 2.75) is 20.8 Å². The molecule has 0 radical (unpaired) electrons. The van der Waals surface area contributed by atoms with Crippen LogP contribution >= 0.6 is 0 Å². The molecule has 0 amide bonds. The van der Waals surface area contributed by atoms with Crippen LogP contribution < -0.4 is 0 Å². The molecule has 8 heavy (non-hydrogen) atoms. The lowest BCUT2D eigenvalue weighted by atomic mass is 9.97. The second-order valence-electron chi connectivity index (χ2n) is 2.78. The summed E-state index contributed by atoms with van der Waals surface area (Å²) in [4.78, 5) is 0. The summed E-state index contributed by atoms with van der Waals surface area (Å²) in [5.41, 5.74) is -0.130. The zero-order valence-corrected chi connectivity index (χ0v) is 5.91. The van der Waals surface area contributed by atoms with Crippen LogP contribution in [-0.2, 0) is 4.74 Å². The number of methoxy groups -OCH3 is 1. The lowest BCUT2D eigenvalue weighted by Crippen LogP contribution is -2.20. The molecule has 2 heteroatoms. The van der Waals surface area contributed by atoms with Crippen LogP contribution in [0.2, 0.25) is 0 Å². The normalized spacial score (nSPS) is 11.0. The van der Waals surface area contributed by atoms with E-state index in [4.69, 9.17) is 10.1 Å². The van der Waals surface area contributed by atoms with E-state index in [0.29, 0.717) is 5.90 Å². The van der Waals surface area contributed by atoms with E-state index in [1.165, 1.54) is 7.11 Å². The molecule has 0 saturated heterocycles. The Morgan fingerprint density at radius 1 is 1.38 bits per heavy atom. The monoisotopic (exact) mass is 115 g/mol. The first-order valence-electron chi connectivity index (χ1n) is 2.61. The third-order valence-electron chi connectivity index (χ3n) is 0.885. The van der Waals surface area contributed by atoms with Crippen LogP contribution in [0.5, 0.6) is 0 Å². The standard InChI is InChI=1S/C6H13NO/c1-6(2,3)5(7)8-4/h7H,1-4H3. The van der Waals surface area contributed by atoms with Gasteiger partial charge in [0.1, 0.15) is 0 Å². The third kappa shape index (κ3) is 1.96. The van der Waals surface area contributed by atoms with Crippen LogP contribution in [0.15, 0.2) is 0 Å². The topological polar surface area (TPSA) is 33.1 Å². The van der Waals surface area contributed by atoms with E-state index in [1.807, 2.05) is 20.8 Å². The van der Waals surface area contributed by atoms with E-state index in [0.717, 1.165) is 0 Å². The minimum Gasteiger partial charge on any atom is -0.484 e. The van der Waals surface area contributed by atoms with Crippen LogP contribution in [0, 0.1) is 10.8 Å². The van der Waals surface area contributed by atoms with Crippen LogP contribution in [-0.4, -0.2) is 13.0 Å². The number of hydrogen-bond donors (Lipinski definition) is 1. The molecule has 0 bridgehead atoms. The highest BCUT2D eigenvalue weighted by atomic mass is 16.5. The van der Waals surface area contributed by atoms with E-state index in [-0.39, 0.29) is 5.41 Å².